The van der Waals surface area contributed by atoms with Gasteiger partial charge in [-0.2, -0.15) is 0 Å². The van der Waals surface area contributed by atoms with Gasteiger partial charge in [0.25, 0.3) is 0 Å². The Labute approximate surface area is 79.2 Å². The van der Waals surface area contributed by atoms with Gasteiger partial charge in [-0.15, -0.1) is 0 Å². The van der Waals surface area contributed by atoms with Crippen LogP contribution in [0.25, 0.3) is 0 Å². The summed E-state index contributed by atoms with van der Waals surface area (Å²) in [5.74, 6) is 0.884. The van der Waals surface area contributed by atoms with Crippen LogP contribution in [0.4, 0.5) is 0 Å². The van der Waals surface area contributed by atoms with Gasteiger partial charge in [0.1, 0.15) is 0 Å². The van der Waals surface area contributed by atoms with Crippen LogP contribution in [-0.2, 0) is 4.74 Å². The zero-order valence-corrected chi connectivity index (χ0v) is 8.01. The van der Waals surface area contributed by atoms with E-state index in [9.17, 15) is 0 Å². The van der Waals surface area contributed by atoms with Crippen LogP contribution in [0.1, 0.15) is 12.8 Å². The van der Waals surface area contributed by atoms with E-state index >= 15 is 0 Å². The third-order valence-corrected chi connectivity index (χ3v) is 3.87. The lowest BCUT2D eigenvalue weighted by Crippen LogP contribution is -2.36. The standard InChI is InChI=1S/C10H18N2O/c1-2-11-4-9(1)12-6-10-3-8(10)5-13-7-10/h8-9,11-12H,1-7H2. The quantitative estimate of drug-likeness (QED) is 0.643. The summed E-state index contributed by atoms with van der Waals surface area (Å²) in [7, 11) is 0. The molecule has 0 aromatic rings. The Morgan fingerprint density at radius 1 is 1.54 bits per heavy atom. The maximum absolute atomic E-state index is 5.47. The molecule has 0 radical (unpaired) electrons. The van der Waals surface area contributed by atoms with Crippen LogP contribution in [0.3, 0.4) is 0 Å². The lowest BCUT2D eigenvalue weighted by atomic mass is 10.1. The number of rotatable bonds is 3. The fourth-order valence-electron chi connectivity index (χ4n) is 2.69. The van der Waals surface area contributed by atoms with Crippen molar-refractivity contribution in [3.8, 4) is 0 Å². The van der Waals surface area contributed by atoms with Crippen LogP contribution in [0, 0.1) is 11.3 Å². The van der Waals surface area contributed by atoms with Crippen molar-refractivity contribution in [3.63, 3.8) is 0 Å². The average Bonchev–Trinajstić information content (AvgIpc) is 2.61. The van der Waals surface area contributed by atoms with Crippen LogP contribution < -0.4 is 10.6 Å². The number of hydrogen-bond acceptors (Lipinski definition) is 3. The summed E-state index contributed by atoms with van der Waals surface area (Å²) in [6.07, 6.45) is 2.70. The van der Waals surface area contributed by atoms with E-state index in [-0.39, 0.29) is 0 Å². The highest BCUT2D eigenvalue weighted by atomic mass is 16.5. The van der Waals surface area contributed by atoms with E-state index in [0.29, 0.717) is 5.41 Å². The molecule has 3 nitrogen and oxygen atoms in total. The van der Waals surface area contributed by atoms with E-state index in [1.807, 2.05) is 0 Å². The van der Waals surface area contributed by atoms with Crippen LogP contribution in [0.5, 0.6) is 0 Å². The predicted octanol–water partition coefficient (Wildman–Crippen LogP) is -0.0256. The minimum Gasteiger partial charge on any atom is -0.380 e. The summed E-state index contributed by atoms with van der Waals surface area (Å²) < 4.78 is 5.47. The molecule has 74 valence electrons. The Hall–Kier alpha value is -0.120. The Kier molecular flexibility index (Phi) is 1.86. The molecule has 3 atom stereocenters. The fourth-order valence-corrected chi connectivity index (χ4v) is 2.69. The van der Waals surface area contributed by atoms with E-state index in [1.165, 1.54) is 25.9 Å². The molecular formula is C10H18N2O. The van der Waals surface area contributed by atoms with Crippen LogP contribution in [0.15, 0.2) is 0 Å². The molecule has 0 spiro atoms. The number of nitrogens with one attached hydrogen (secondary N) is 2. The van der Waals surface area contributed by atoms with Crippen molar-refractivity contribution in [3.05, 3.63) is 0 Å². The molecule has 2 saturated heterocycles. The molecular weight excluding hydrogens is 164 g/mol. The largest absolute Gasteiger partial charge is 0.380 e. The predicted molar refractivity (Wildman–Crippen MR) is 50.6 cm³/mol. The van der Waals surface area contributed by atoms with Crippen molar-refractivity contribution in [2.24, 2.45) is 11.3 Å². The summed E-state index contributed by atoms with van der Waals surface area (Å²) in [4.78, 5) is 0. The Balaban J connectivity index is 1.48. The third-order valence-electron chi connectivity index (χ3n) is 3.87. The fraction of sp³-hybridized carbons (Fsp3) is 1.00. The first-order valence-electron chi connectivity index (χ1n) is 5.41. The van der Waals surface area contributed by atoms with E-state index < -0.39 is 0 Å². The van der Waals surface area contributed by atoms with Gasteiger partial charge in [0.15, 0.2) is 0 Å². The second-order valence-corrected chi connectivity index (χ2v) is 4.85. The summed E-state index contributed by atoms with van der Waals surface area (Å²) in [5.41, 5.74) is 0.558. The van der Waals surface area contributed by atoms with Crippen molar-refractivity contribution >= 4 is 0 Å². The Morgan fingerprint density at radius 2 is 2.54 bits per heavy atom. The molecule has 1 saturated carbocycles. The van der Waals surface area contributed by atoms with Crippen molar-refractivity contribution < 1.29 is 4.74 Å². The minimum absolute atomic E-state index is 0.558. The van der Waals surface area contributed by atoms with Crippen molar-refractivity contribution in [1.82, 2.24) is 10.6 Å². The van der Waals surface area contributed by atoms with Gasteiger partial charge in [0.05, 0.1) is 13.2 Å². The number of fused-ring (bicyclic) bond motifs is 1. The van der Waals surface area contributed by atoms with Gasteiger partial charge < -0.3 is 15.4 Å². The minimum atomic E-state index is 0.558. The summed E-state index contributed by atoms with van der Waals surface area (Å²) >= 11 is 0. The van der Waals surface area contributed by atoms with Crippen LogP contribution in [0.2, 0.25) is 0 Å². The molecule has 2 aliphatic heterocycles. The van der Waals surface area contributed by atoms with Crippen LogP contribution in [-0.4, -0.2) is 38.9 Å². The highest BCUT2D eigenvalue weighted by Crippen LogP contribution is 2.56. The molecule has 13 heavy (non-hydrogen) atoms. The highest BCUT2D eigenvalue weighted by molar-refractivity contribution is 5.07. The molecule has 2 heterocycles. The topological polar surface area (TPSA) is 33.3 Å². The first-order chi connectivity index (χ1) is 6.39. The normalized spacial score (nSPS) is 48.0. The van der Waals surface area contributed by atoms with Crippen LogP contribution >= 0.6 is 0 Å². The lowest BCUT2D eigenvalue weighted by Gasteiger charge is -2.16. The zero-order valence-electron chi connectivity index (χ0n) is 8.01. The van der Waals surface area contributed by atoms with E-state index in [0.717, 1.165) is 31.7 Å². The first kappa shape index (κ1) is 8.21. The Morgan fingerprint density at radius 3 is 3.15 bits per heavy atom. The molecule has 3 unspecified atom stereocenters. The molecule has 0 bridgehead atoms. The maximum atomic E-state index is 5.47. The van der Waals surface area contributed by atoms with Gasteiger partial charge in [-0.25, -0.2) is 0 Å². The Bertz CT molecular complexity index is 203. The zero-order chi connectivity index (χ0) is 8.73. The summed E-state index contributed by atoms with van der Waals surface area (Å²) in [6, 6.07) is 0.719. The average molecular weight is 182 g/mol. The van der Waals surface area contributed by atoms with E-state index in [1.54, 1.807) is 0 Å². The third kappa shape index (κ3) is 1.39. The van der Waals surface area contributed by atoms with Crippen molar-refractivity contribution in [2.75, 3.05) is 32.8 Å². The first-order valence-corrected chi connectivity index (χ1v) is 5.41. The molecule has 3 rings (SSSR count). The molecule has 2 N–H and O–H groups in total. The van der Waals surface area contributed by atoms with Crippen molar-refractivity contribution in [2.45, 2.75) is 18.9 Å². The second kappa shape index (κ2) is 2.94. The van der Waals surface area contributed by atoms with Gasteiger partial charge in [-0.05, 0) is 25.3 Å². The monoisotopic (exact) mass is 182 g/mol. The lowest BCUT2D eigenvalue weighted by molar-refractivity contribution is 0.145. The van der Waals surface area contributed by atoms with E-state index in [4.69, 9.17) is 4.74 Å². The molecule has 0 aromatic carbocycles. The van der Waals surface area contributed by atoms with Gasteiger partial charge >= 0.3 is 0 Å². The van der Waals surface area contributed by atoms with Gasteiger partial charge in [0.2, 0.25) is 0 Å². The SMILES string of the molecule is C1CC(NCC23COCC2C3)CN1. The highest BCUT2D eigenvalue weighted by Gasteiger charge is 2.57. The maximum Gasteiger partial charge on any atom is 0.0538 e. The number of hydrogen-bond donors (Lipinski definition) is 2. The summed E-state index contributed by atoms with van der Waals surface area (Å²) in [5, 5.41) is 7.04. The molecule has 3 heteroatoms. The van der Waals surface area contributed by atoms with Crippen molar-refractivity contribution in [1.29, 1.82) is 0 Å². The van der Waals surface area contributed by atoms with Gasteiger partial charge in [0, 0.05) is 24.5 Å². The molecule has 0 amide bonds. The summed E-state index contributed by atoms with van der Waals surface area (Å²) in [6.45, 7) is 5.55. The van der Waals surface area contributed by atoms with Gasteiger partial charge in [-0.1, -0.05) is 0 Å². The second-order valence-electron chi connectivity index (χ2n) is 4.85. The molecule has 0 aromatic heterocycles. The molecule has 3 aliphatic rings. The van der Waals surface area contributed by atoms with E-state index in [2.05, 4.69) is 10.6 Å². The smallest absolute Gasteiger partial charge is 0.0538 e. The molecule has 3 fully saturated rings. The molecule has 1 aliphatic carbocycles. The number of ether oxygens (including phenoxy) is 1. The van der Waals surface area contributed by atoms with Gasteiger partial charge in [-0.3, -0.25) is 0 Å².